The molecule has 5 heteroatoms. The predicted molar refractivity (Wildman–Crippen MR) is 70.5 cm³/mol. The molecule has 0 aliphatic carbocycles. The first kappa shape index (κ1) is 12.7. The van der Waals surface area contributed by atoms with Gasteiger partial charge in [0, 0.05) is 17.1 Å². The Labute approximate surface area is 107 Å². The van der Waals surface area contributed by atoms with Gasteiger partial charge < -0.3 is 0 Å². The molecule has 0 bridgehead atoms. The van der Waals surface area contributed by atoms with Gasteiger partial charge in [-0.2, -0.15) is 10.1 Å². The van der Waals surface area contributed by atoms with Gasteiger partial charge in [0.15, 0.2) is 0 Å². The van der Waals surface area contributed by atoms with Crippen LogP contribution in [0.25, 0.3) is 0 Å². The summed E-state index contributed by atoms with van der Waals surface area (Å²) in [6, 6.07) is 1.88. The zero-order chi connectivity index (χ0) is 13.3. The molecule has 1 atom stereocenters. The van der Waals surface area contributed by atoms with Crippen molar-refractivity contribution in [1.82, 2.24) is 9.97 Å². The molecule has 96 valence electrons. The second-order valence-corrected chi connectivity index (χ2v) is 4.68. The van der Waals surface area contributed by atoms with Crippen LogP contribution in [0.15, 0.2) is 11.2 Å². The van der Waals surface area contributed by atoms with E-state index >= 15 is 0 Å². The lowest BCUT2D eigenvalue weighted by Gasteiger charge is -2.12. The van der Waals surface area contributed by atoms with Crippen LogP contribution in [-0.2, 0) is 4.79 Å². The predicted octanol–water partition coefficient (Wildman–Crippen LogP) is 2.23. The summed E-state index contributed by atoms with van der Waals surface area (Å²) in [6.45, 7) is 7.73. The van der Waals surface area contributed by atoms with Gasteiger partial charge in [-0.25, -0.2) is 9.97 Å². The van der Waals surface area contributed by atoms with E-state index in [4.69, 9.17) is 0 Å². The minimum absolute atomic E-state index is 0.0145. The first-order valence-electron chi connectivity index (χ1n) is 6.24. The van der Waals surface area contributed by atoms with Crippen LogP contribution in [0.4, 0.5) is 5.95 Å². The first-order chi connectivity index (χ1) is 8.52. The largest absolute Gasteiger partial charge is 0.272 e. The minimum Gasteiger partial charge on any atom is -0.272 e. The Bertz CT molecular complexity index is 489. The molecule has 1 aliphatic rings. The van der Waals surface area contributed by atoms with Crippen LogP contribution >= 0.6 is 0 Å². The highest BCUT2D eigenvalue weighted by Crippen LogP contribution is 2.24. The molecule has 0 N–H and O–H groups in total. The van der Waals surface area contributed by atoms with E-state index in [0.29, 0.717) is 5.95 Å². The number of aryl methyl sites for hydroxylation is 2. The summed E-state index contributed by atoms with van der Waals surface area (Å²) in [7, 11) is 0. The van der Waals surface area contributed by atoms with E-state index in [1.54, 1.807) is 0 Å². The van der Waals surface area contributed by atoms with Crippen molar-refractivity contribution in [3.8, 4) is 0 Å². The smallest absolute Gasteiger partial charge is 0.258 e. The van der Waals surface area contributed by atoms with Crippen molar-refractivity contribution < 1.29 is 4.79 Å². The molecule has 0 radical (unpaired) electrons. The lowest BCUT2D eigenvalue weighted by molar-refractivity contribution is -0.120. The lowest BCUT2D eigenvalue weighted by Crippen LogP contribution is -2.28. The van der Waals surface area contributed by atoms with Gasteiger partial charge >= 0.3 is 0 Å². The van der Waals surface area contributed by atoms with Gasteiger partial charge in [-0.3, -0.25) is 4.79 Å². The van der Waals surface area contributed by atoms with Crippen molar-refractivity contribution in [1.29, 1.82) is 0 Å². The third-order valence-corrected chi connectivity index (χ3v) is 3.01. The van der Waals surface area contributed by atoms with Crippen molar-refractivity contribution in [2.24, 2.45) is 11.0 Å². The molecule has 0 saturated carbocycles. The topological polar surface area (TPSA) is 58.5 Å². The van der Waals surface area contributed by atoms with Crippen LogP contribution in [-0.4, -0.2) is 21.6 Å². The fraction of sp³-hybridized carbons (Fsp3) is 0.538. The van der Waals surface area contributed by atoms with Crippen molar-refractivity contribution in [3.63, 3.8) is 0 Å². The summed E-state index contributed by atoms with van der Waals surface area (Å²) in [5, 5.41) is 5.64. The van der Waals surface area contributed by atoms with E-state index in [2.05, 4.69) is 22.0 Å². The van der Waals surface area contributed by atoms with Gasteiger partial charge in [-0.1, -0.05) is 13.3 Å². The maximum absolute atomic E-state index is 12.3. The van der Waals surface area contributed by atoms with Crippen LogP contribution in [0.2, 0.25) is 0 Å². The maximum atomic E-state index is 12.3. The van der Waals surface area contributed by atoms with E-state index in [1.807, 2.05) is 26.8 Å². The quantitative estimate of drug-likeness (QED) is 0.821. The number of hydrazone groups is 1. The number of carbonyl (C=O) groups is 1. The second kappa shape index (κ2) is 4.84. The molecular formula is C13H18N4O. The Kier molecular flexibility index (Phi) is 3.41. The van der Waals surface area contributed by atoms with Gasteiger partial charge in [0.1, 0.15) is 0 Å². The molecule has 0 spiro atoms. The number of hydrogen-bond acceptors (Lipinski definition) is 4. The van der Waals surface area contributed by atoms with E-state index < -0.39 is 0 Å². The number of nitrogens with zero attached hydrogens (tertiary/aromatic N) is 4. The molecule has 0 aromatic carbocycles. The molecule has 2 rings (SSSR count). The summed E-state index contributed by atoms with van der Waals surface area (Å²) >= 11 is 0. The molecule has 18 heavy (non-hydrogen) atoms. The van der Waals surface area contributed by atoms with Crippen LogP contribution in [0.1, 0.15) is 38.1 Å². The van der Waals surface area contributed by atoms with Gasteiger partial charge in [-0.15, -0.1) is 0 Å². The molecule has 5 nitrogen and oxygen atoms in total. The number of rotatable bonds is 3. The van der Waals surface area contributed by atoms with E-state index in [0.717, 1.165) is 29.9 Å². The second-order valence-electron chi connectivity index (χ2n) is 4.68. The molecule has 1 aliphatic heterocycles. The zero-order valence-corrected chi connectivity index (χ0v) is 11.3. The molecule has 0 unspecified atom stereocenters. The van der Waals surface area contributed by atoms with E-state index in [1.165, 1.54) is 5.01 Å². The number of hydrogen-bond donors (Lipinski definition) is 0. The number of carbonyl (C=O) groups excluding carboxylic acids is 1. The van der Waals surface area contributed by atoms with Gasteiger partial charge in [0.05, 0.1) is 5.92 Å². The molecule has 0 fully saturated rings. The SMILES string of the molecule is CCC[C@H]1C(=O)N(c2nc(C)cc(C)n2)N=C1C. The standard InChI is InChI=1S/C13H18N4O/c1-5-6-11-10(4)16-17(12(11)18)13-14-8(2)7-9(3)15-13/h7,11H,5-6H2,1-4H3/t11-/m1/s1. The number of amides is 1. The van der Waals surface area contributed by atoms with E-state index in [-0.39, 0.29) is 11.8 Å². The number of aromatic nitrogens is 2. The Balaban J connectivity index is 2.33. The lowest BCUT2D eigenvalue weighted by atomic mass is 9.99. The Morgan fingerprint density at radius 2 is 1.83 bits per heavy atom. The number of anilines is 1. The summed E-state index contributed by atoms with van der Waals surface area (Å²) in [5.41, 5.74) is 2.54. The fourth-order valence-electron chi connectivity index (χ4n) is 2.17. The normalized spacial score (nSPS) is 19.3. The monoisotopic (exact) mass is 246 g/mol. The highest BCUT2D eigenvalue weighted by Gasteiger charge is 2.35. The average Bonchev–Trinajstić information content (AvgIpc) is 2.56. The Morgan fingerprint density at radius 1 is 1.22 bits per heavy atom. The van der Waals surface area contributed by atoms with Crippen LogP contribution in [0.3, 0.4) is 0 Å². The van der Waals surface area contributed by atoms with Crippen LogP contribution in [0, 0.1) is 19.8 Å². The third kappa shape index (κ3) is 2.25. The average molecular weight is 246 g/mol. The van der Waals surface area contributed by atoms with Crippen molar-refractivity contribution >= 4 is 17.6 Å². The highest BCUT2D eigenvalue weighted by molar-refractivity contribution is 6.14. The zero-order valence-electron chi connectivity index (χ0n) is 11.3. The summed E-state index contributed by atoms with van der Waals surface area (Å²) in [4.78, 5) is 20.8. The van der Waals surface area contributed by atoms with Crippen LogP contribution < -0.4 is 5.01 Å². The molecule has 2 heterocycles. The molecular weight excluding hydrogens is 228 g/mol. The first-order valence-corrected chi connectivity index (χ1v) is 6.24. The van der Waals surface area contributed by atoms with Gasteiger partial charge in [-0.05, 0) is 33.3 Å². The fourth-order valence-corrected chi connectivity index (χ4v) is 2.17. The third-order valence-electron chi connectivity index (χ3n) is 3.01. The Hall–Kier alpha value is -1.78. The summed E-state index contributed by atoms with van der Waals surface area (Å²) in [6.07, 6.45) is 1.79. The molecule has 1 aromatic rings. The van der Waals surface area contributed by atoms with E-state index in [9.17, 15) is 4.79 Å². The molecule has 1 amide bonds. The van der Waals surface area contributed by atoms with Gasteiger partial charge in [0.25, 0.3) is 11.9 Å². The maximum Gasteiger partial charge on any atom is 0.258 e. The van der Waals surface area contributed by atoms with Crippen molar-refractivity contribution in [3.05, 3.63) is 17.5 Å². The van der Waals surface area contributed by atoms with Crippen LogP contribution in [0.5, 0.6) is 0 Å². The highest BCUT2D eigenvalue weighted by atomic mass is 16.2. The van der Waals surface area contributed by atoms with Crippen molar-refractivity contribution in [2.45, 2.75) is 40.5 Å². The Morgan fingerprint density at radius 3 is 2.39 bits per heavy atom. The molecule has 0 saturated heterocycles. The molecule has 1 aromatic heterocycles. The minimum atomic E-state index is -0.112. The summed E-state index contributed by atoms with van der Waals surface area (Å²) in [5.74, 6) is 0.259. The van der Waals surface area contributed by atoms with Gasteiger partial charge in [0.2, 0.25) is 0 Å². The van der Waals surface area contributed by atoms with Crippen molar-refractivity contribution in [2.75, 3.05) is 5.01 Å². The summed E-state index contributed by atoms with van der Waals surface area (Å²) < 4.78 is 0.